The van der Waals surface area contributed by atoms with Crippen molar-refractivity contribution < 1.29 is 19.6 Å². The van der Waals surface area contributed by atoms with Crippen molar-refractivity contribution in [1.82, 2.24) is 0 Å². The number of nitrogens with one attached hydrogen (secondary N) is 1. The van der Waals surface area contributed by atoms with Gasteiger partial charge in [0.05, 0.1) is 11.3 Å². The van der Waals surface area contributed by atoms with Gasteiger partial charge in [-0.1, -0.05) is 13.0 Å². The van der Waals surface area contributed by atoms with Crippen LogP contribution in [0.2, 0.25) is 0 Å². The molecule has 0 fully saturated rings. The third-order valence-electron chi connectivity index (χ3n) is 2.21. The standard InChI is InChI=1S/C11H12N2O5/c1-2-10(14)12-8-4-3-7(6-11(15)16)5-9(8)13(17)18/h3-5H,2,6H2,1H3,(H,12,14)(H,15,16). The van der Waals surface area contributed by atoms with Gasteiger partial charge in [-0.15, -0.1) is 0 Å². The van der Waals surface area contributed by atoms with Gasteiger partial charge in [-0.2, -0.15) is 0 Å². The van der Waals surface area contributed by atoms with Gasteiger partial charge in [0.15, 0.2) is 0 Å². The summed E-state index contributed by atoms with van der Waals surface area (Å²) in [4.78, 5) is 31.9. The number of carboxylic acids is 1. The molecule has 0 spiro atoms. The summed E-state index contributed by atoms with van der Waals surface area (Å²) in [5, 5.41) is 21.8. The minimum Gasteiger partial charge on any atom is -0.481 e. The number of aliphatic carboxylic acids is 1. The molecule has 0 heterocycles. The molecule has 18 heavy (non-hydrogen) atoms. The summed E-state index contributed by atoms with van der Waals surface area (Å²) in [5.74, 6) is -1.42. The lowest BCUT2D eigenvalue weighted by molar-refractivity contribution is -0.384. The first kappa shape index (κ1) is 13.6. The first-order chi connectivity index (χ1) is 8.43. The van der Waals surface area contributed by atoms with E-state index in [4.69, 9.17) is 5.11 Å². The van der Waals surface area contributed by atoms with Crippen molar-refractivity contribution in [3.8, 4) is 0 Å². The fourth-order valence-electron chi connectivity index (χ4n) is 1.36. The van der Waals surface area contributed by atoms with Crippen molar-refractivity contribution in [1.29, 1.82) is 0 Å². The largest absolute Gasteiger partial charge is 0.481 e. The highest BCUT2D eigenvalue weighted by molar-refractivity contribution is 5.93. The molecule has 1 rings (SSSR count). The molecule has 0 aliphatic carbocycles. The Labute approximate surface area is 103 Å². The average molecular weight is 252 g/mol. The lowest BCUT2D eigenvalue weighted by atomic mass is 10.1. The Morgan fingerprint density at radius 1 is 1.44 bits per heavy atom. The second-order valence-corrected chi connectivity index (χ2v) is 3.58. The van der Waals surface area contributed by atoms with Crippen molar-refractivity contribution in [2.75, 3.05) is 5.32 Å². The van der Waals surface area contributed by atoms with Gasteiger partial charge in [0, 0.05) is 12.5 Å². The molecular formula is C11H12N2O5. The Kier molecular flexibility index (Phi) is 4.36. The summed E-state index contributed by atoms with van der Waals surface area (Å²) in [5.41, 5.74) is 0.0697. The van der Waals surface area contributed by atoms with E-state index in [0.29, 0.717) is 5.56 Å². The first-order valence-electron chi connectivity index (χ1n) is 5.23. The van der Waals surface area contributed by atoms with Crippen molar-refractivity contribution in [3.63, 3.8) is 0 Å². The SMILES string of the molecule is CCC(=O)Nc1ccc(CC(=O)O)cc1[N+](=O)[O-]. The summed E-state index contributed by atoms with van der Waals surface area (Å²) in [6.07, 6.45) is -0.100. The van der Waals surface area contributed by atoms with E-state index in [9.17, 15) is 19.7 Å². The van der Waals surface area contributed by atoms with Crippen LogP contribution < -0.4 is 5.32 Å². The highest BCUT2D eigenvalue weighted by atomic mass is 16.6. The molecular weight excluding hydrogens is 240 g/mol. The van der Waals surface area contributed by atoms with Crippen LogP contribution in [-0.4, -0.2) is 21.9 Å². The van der Waals surface area contributed by atoms with Crippen LogP contribution in [0.15, 0.2) is 18.2 Å². The molecule has 0 saturated carbocycles. The second kappa shape index (κ2) is 5.76. The maximum absolute atomic E-state index is 11.2. The maximum Gasteiger partial charge on any atom is 0.307 e. The van der Waals surface area contributed by atoms with E-state index in [1.807, 2.05) is 0 Å². The summed E-state index contributed by atoms with van der Waals surface area (Å²) < 4.78 is 0. The van der Waals surface area contributed by atoms with Gasteiger partial charge < -0.3 is 10.4 Å². The number of hydrogen-bond donors (Lipinski definition) is 2. The molecule has 1 amide bonds. The van der Waals surface area contributed by atoms with Gasteiger partial charge in [0.1, 0.15) is 5.69 Å². The average Bonchev–Trinajstić information content (AvgIpc) is 2.29. The lowest BCUT2D eigenvalue weighted by Crippen LogP contribution is -2.11. The molecule has 2 N–H and O–H groups in total. The zero-order valence-corrected chi connectivity index (χ0v) is 9.67. The number of benzene rings is 1. The second-order valence-electron chi connectivity index (χ2n) is 3.58. The fourth-order valence-corrected chi connectivity index (χ4v) is 1.36. The molecule has 0 saturated heterocycles. The molecule has 1 aromatic rings. The Morgan fingerprint density at radius 3 is 2.61 bits per heavy atom. The molecule has 0 atom stereocenters. The maximum atomic E-state index is 11.2. The normalized spacial score (nSPS) is 9.83. The van der Waals surface area contributed by atoms with Crippen LogP contribution in [0.4, 0.5) is 11.4 Å². The third kappa shape index (κ3) is 3.55. The topological polar surface area (TPSA) is 110 Å². The molecule has 7 nitrogen and oxygen atoms in total. The molecule has 96 valence electrons. The quantitative estimate of drug-likeness (QED) is 0.610. The molecule has 0 aromatic heterocycles. The predicted molar refractivity (Wildman–Crippen MR) is 63.4 cm³/mol. The van der Waals surface area contributed by atoms with E-state index in [-0.39, 0.29) is 30.1 Å². The van der Waals surface area contributed by atoms with E-state index in [1.165, 1.54) is 12.1 Å². The number of rotatable bonds is 5. The van der Waals surface area contributed by atoms with E-state index in [1.54, 1.807) is 6.92 Å². The van der Waals surface area contributed by atoms with Gasteiger partial charge in [-0.05, 0) is 11.6 Å². The van der Waals surface area contributed by atoms with Crippen molar-refractivity contribution in [2.24, 2.45) is 0 Å². The van der Waals surface area contributed by atoms with E-state index in [2.05, 4.69) is 5.32 Å². The number of amides is 1. The number of nitrogens with zero attached hydrogens (tertiary/aromatic N) is 1. The number of nitro benzene ring substituents is 1. The molecule has 0 aliphatic heterocycles. The molecule has 0 radical (unpaired) electrons. The highest BCUT2D eigenvalue weighted by Crippen LogP contribution is 2.25. The predicted octanol–water partition coefficient (Wildman–Crippen LogP) is 1.57. The van der Waals surface area contributed by atoms with Crippen LogP contribution >= 0.6 is 0 Å². The Morgan fingerprint density at radius 2 is 2.11 bits per heavy atom. The minimum atomic E-state index is -1.07. The van der Waals surface area contributed by atoms with Crippen LogP contribution in [0.5, 0.6) is 0 Å². The Hall–Kier alpha value is -2.44. The van der Waals surface area contributed by atoms with Crippen molar-refractivity contribution in [3.05, 3.63) is 33.9 Å². The molecule has 7 heteroatoms. The molecule has 0 unspecified atom stereocenters. The smallest absolute Gasteiger partial charge is 0.307 e. The van der Waals surface area contributed by atoms with E-state index < -0.39 is 10.9 Å². The number of nitro groups is 1. The summed E-state index contributed by atoms with van der Waals surface area (Å²) >= 11 is 0. The van der Waals surface area contributed by atoms with Gasteiger partial charge in [-0.3, -0.25) is 19.7 Å². The van der Waals surface area contributed by atoms with Gasteiger partial charge in [0.25, 0.3) is 5.69 Å². The first-order valence-corrected chi connectivity index (χ1v) is 5.23. The van der Waals surface area contributed by atoms with Crippen molar-refractivity contribution >= 4 is 23.3 Å². The Bertz CT molecular complexity index is 498. The highest BCUT2D eigenvalue weighted by Gasteiger charge is 2.16. The van der Waals surface area contributed by atoms with Gasteiger partial charge >= 0.3 is 5.97 Å². The molecule has 0 aliphatic rings. The number of hydrogen-bond acceptors (Lipinski definition) is 4. The number of carboxylic acid groups (broad SMARTS) is 1. The number of carbonyl (C=O) groups excluding carboxylic acids is 1. The summed E-state index contributed by atoms with van der Waals surface area (Å²) in [6, 6.07) is 3.93. The van der Waals surface area contributed by atoms with Crippen molar-refractivity contribution in [2.45, 2.75) is 19.8 Å². The summed E-state index contributed by atoms with van der Waals surface area (Å²) in [7, 11) is 0. The fraction of sp³-hybridized carbons (Fsp3) is 0.273. The van der Waals surface area contributed by atoms with Gasteiger partial charge in [-0.25, -0.2) is 0 Å². The van der Waals surface area contributed by atoms with Gasteiger partial charge in [0.2, 0.25) is 5.91 Å². The number of carbonyl (C=O) groups is 2. The van der Waals surface area contributed by atoms with Crippen LogP contribution in [0.1, 0.15) is 18.9 Å². The van der Waals surface area contributed by atoms with Crippen LogP contribution in [0.25, 0.3) is 0 Å². The minimum absolute atomic E-state index is 0.0704. The van der Waals surface area contributed by atoms with Crippen LogP contribution in [0.3, 0.4) is 0 Å². The molecule has 0 bridgehead atoms. The zero-order chi connectivity index (χ0) is 13.7. The molecule has 1 aromatic carbocycles. The van der Waals surface area contributed by atoms with Crippen LogP contribution in [0, 0.1) is 10.1 Å². The monoisotopic (exact) mass is 252 g/mol. The Balaban J connectivity index is 3.08. The van der Waals surface area contributed by atoms with Crippen LogP contribution in [-0.2, 0) is 16.0 Å². The lowest BCUT2D eigenvalue weighted by Gasteiger charge is -2.06. The zero-order valence-electron chi connectivity index (χ0n) is 9.67. The number of anilines is 1. The van der Waals surface area contributed by atoms with E-state index >= 15 is 0 Å². The van der Waals surface area contributed by atoms with E-state index in [0.717, 1.165) is 6.07 Å². The third-order valence-corrected chi connectivity index (χ3v) is 2.21. The summed E-state index contributed by atoms with van der Waals surface area (Å²) in [6.45, 7) is 1.62.